The average Bonchev–Trinajstić information content (AvgIpc) is 2.33. The van der Waals surface area contributed by atoms with Crippen molar-refractivity contribution in [2.75, 3.05) is 5.32 Å². The fourth-order valence-electron chi connectivity index (χ4n) is 1.73. The quantitative estimate of drug-likeness (QED) is 0.898. The van der Waals surface area contributed by atoms with E-state index in [2.05, 4.69) is 10.3 Å². The van der Waals surface area contributed by atoms with Gasteiger partial charge in [-0.25, -0.2) is 9.37 Å². The predicted molar refractivity (Wildman–Crippen MR) is 74.2 cm³/mol. The molecule has 0 unspecified atom stereocenters. The van der Waals surface area contributed by atoms with Crippen LogP contribution in [0.2, 0.25) is 5.02 Å². The van der Waals surface area contributed by atoms with E-state index in [0.29, 0.717) is 17.1 Å². The Morgan fingerprint density at radius 1 is 1.32 bits per heavy atom. The fraction of sp³-hybridized carbons (Fsp3) is 0.214. The van der Waals surface area contributed by atoms with Crippen molar-refractivity contribution in [1.29, 1.82) is 0 Å². The first-order chi connectivity index (χ1) is 8.88. The summed E-state index contributed by atoms with van der Waals surface area (Å²) in [6.45, 7) is 3.17. The standard InChI is InChI=1S/C14H14ClFN2O/c1-14(2,19)9-7-11(16)10(15)8-12(9)18-13-5-3-4-6-17-13/h3-8,19H,1-2H3,(H,17,18). The van der Waals surface area contributed by atoms with E-state index in [9.17, 15) is 9.50 Å². The molecule has 2 N–H and O–H groups in total. The van der Waals surface area contributed by atoms with Gasteiger partial charge >= 0.3 is 0 Å². The van der Waals surface area contributed by atoms with Gasteiger partial charge in [-0.15, -0.1) is 0 Å². The number of aliphatic hydroxyl groups is 1. The lowest BCUT2D eigenvalue weighted by Gasteiger charge is -2.22. The van der Waals surface area contributed by atoms with Gasteiger partial charge in [0.1, 0.15) is 11.6 Å². The SMILES string of the molecule is CC(C)(O)c1cc(F)c(Cl)cc1Nc1ccccn1. The van der Waals surface area contributed by atoms with Crippen LogP contribution >= 0.6 is 11.6 Å². The Bertz CT molecular complexity index is 582. The molecule has 2 aromatic rings. The van der Waals surface area contributed by atoms with Gasteiger partial charge in [0.25, 0.3) is 0 Å². The molecular weight excluding hydrogens is 267 g/mol. The van der Waals surface area contributed by atoms with Crippen LogP contribution in [0, 0.1) is 5.82 Å². The normalized spacial score (nSPS) is 11.4. The molecule has 0 saturated heterocycles. The highest BCUT2D eigenvalue weighted by molar-refractivity contribution is 6.31. The molecule has 1 aromatic carbocycles. The third kappa shape index (κ3) is 3.22. The van der Waals surface area contributed by atoms with Crippen LogP contribution in [0.4, 0.5) is 15.9 Å². The Kier molecular flexibility index (Phi) is 3.73. The maximum absolute atomic E-state index is 13.5. The fourth-order valence-corrected chi connectivity index (χ4v) is 1.89. The molecule has 0 bridgehead atoms. The van der Waals surface area contributed by atoms with Crippen LogP contribution < -0.4 is 5.32 Å². The molecule has 0 atom stereocenters. The molecular formula is C14H14ClFN2O. The van der Waals surface area contributed by atoms with Crippen molar-refractivity contribution in [2.24, 2.45) is 0 Å². The van der Waals surface area contributed by atoms with Crippen molar-refractivity contribution in [2.45, 2.75) is 19.4 Å². The van der Waals surface area contributed by atoms with E-state index in [1.807, 2.05) is 6.07 Å². The lowest BCUT2D eigenvalue weighted by Crippen LogP contribution is -2.18. The zero-order valence-electron chi connectivity index (χ0n) is 10.6. The summed E-state index contributed by atoms with van der Waals surface area (Å²) in [5.41, 5.74) is -0.250. The van der Waals surface area contributed by atoms with Gasteiger partial charge in [-0.05, 0) is 38.1 Å². The number of rotatable bonds is 3. The molecule has 0 radical (unpaired) electrons. The summed E-state index contributed by atoms with van der Waals surface area (Å²) in [5.74, 6) is 0.0287. The van der Waals surface area contributed by atoms with Crippen LogP contribution in [0.3, 0.4) is 0 Å². The van der Waals surface area contributed by atoms with Crippen molar-refractivity contribution >= 4 is 23.1 Å². The van der Waals surface area contributed by atoms with E-state index < -0.39 is 11.4 Å². The Hall–Kier alpha value is -1.65. The zero-order valence-corrected chi connectivity index (χ0v) is 11.4. The van der Waals surface area contributed by atoms with Gasteiger partial charge in [-0.1, -0.05) is 17.7 Å². The Morgan fingerprint density at radius 2 is 2.05 bits per heavy atom. The summed E-state index contributed by atoms with van der Waals surface area (Å²) in [5, 5.41) is 13.1. The summed E-state index contributed by atoms with van der Waals surface area (Å²) < 4.78 is 13.5. The molecule has 0 amide bonds. The molecule has 0 fully saturated rings. The van der Waals surface area contributed by atoms with Gasteiger partial charge in [0.05, 0.1) is 10.6 Å². The van der Waals surface area contributed by atoms with Gasteiger partial charge in [-0.2, -0.15) is 0 Å². The molecule has 0 aliphatic carbocycles. The zero-order chi connectivity index (χ0) is 14.0. The van der Waals surface area contributed by atoms with E-state index >= 15 is 0 Å². The first kappa shape index (κ1) is 13.8. The molecule has 0 saturated carbocycles. The van der Waals surface area contributed by atoms with Crippen LogP contribution in [0.1, 0.15) is 19.4 Å². The monoisotopic (exact) mass is 280 g/mol. The van der Waals surface area contributed by atoms with Gasteiger partial charge < -0.3 is 10.4 Å². The van der Waals surface area contributed by atoms with Gasteiger partial charge in [0, 0.05) is 17.4 Å². The number of anilines is 2. The summed E-state index contributed by atoms with van der Waals surface area (Å²) in [4.78, 5) is 4.12. The van der Waals surface area contributed by atoms with E-state index in [0.717, 1.165) is 0 Å². The first-order valence-electron chi connectivity index (χ1n) is 5.78. The number of halogens is 2. The summed E-state index contributed by atoms with van der Waals surface area (Å²) in [7, 11) is 0. The molecule has 100 valence electrons. The van der Waals surface area contributed by atoms with Gasteiger partial charge in [0.2, 0.25) is 0 Å². The van der Waals surface area contributed by atoms with Crippen LogP contribution in [-0.2, 0) is 5.60 Å². The molecule has 19 heavy (non-hydrogen) atoms. The second-order valence-corrected chi connectivity index (χ2v) is 5.12. The van der Waals surface area contributed by atoms with Gasteiger partial charge in [-0.3, -0.25) is 0 Å². The molecule has 0 aliphatic heterocycles. The minimum absolute atomic E-state index is 0.00793. The number of nitrogens with zero attached hydrogens (tertiary/aromatic N) is 1. The average molecular weight is 281 g/mol. The predicted octanol–water partition coefficient (Wildman–Crippen LogP) is 3.85. The molecule has 0 aliphatic rings. The molecule has 3 nitrogen and oxygen atoms in total. The third-order valence-corrected chi connectivity index (χ3v) is 2.94. The highest BCUT2D eigenvalue weighted by Crippen LogP contribution is 2.33. The van der Waals surface area contributed by atoms with Gasteiger partial charge in [0.15, 0.2) is 0 Å². The van der Waals surface area contributed by atoms with Crippen LogP contribution in [-0.4, -0.2) is 10.1 Å². The third-order valence-electron chi connectivity index (χ3n) is 2.65. The summed E-state index contributed by atoms with van der Waals surface area (Å²) in [6, 6.07) is 8.06. The highest BCUT2D eigenvalue weighted by Gasteiger charge is 2.22. The van der Waals surface area contributed by atoms with Crippen molar-refractivity contribution in [1.82, 2.24) is 4.98 Å². The lowest BCUT2D eigenvalue weighted by molar-refractivity contribution is 0.0790. The van der Waals surface area contributed by atoms with E-state index in [1.54, 1.807) is 32.2 Å². The Labute approximate surface area is 116 Å². The van der Waals surface area contributed by atoms with Crippen LogP contribution in [0.25, 0.3) is 0 Å². The second kappa shape index (κ2) is 5.15. The lowest BCUT2D eigenvalue weighted by atomic mass is 9.96. The Balaban J connectivity index is 2.47. The molecule has 5 heteroatoms. The van der Waals surface area contributed by atoms with Crippen molar-refractivity contribution in [3.63, 3.8) is 0 Å². The number of nitrogens with one attached hydrogen (secondary N) is 1. The minimum Gasteiger partial charge on any atom is -0.386 e. The van der Waals surface area contributed by atoms with Crippen LogP contribution in [0.15, 0.2) is 36.5 Å². The smallest absolute Gasteiger partial charge is 0.142 e. The minimum atomic E-state index is -1.19. The Morgan fingerprint density at radius 3 is 2.63 bits per heavy atom. The highest BCUT2D eigenvalue weighted by atomic mass is 35.5. The second-order valence-electron chi connectivity index (χ2n) is 4.71. The van der Waals surface area contributed by atoms with E-state index in [1.165, 1.54) is 12.1 Å². The largest absolute Gasteiger partial charge is 0.386 e. The first-order valence-corrected chi connectivity index (χ1v) is 6.15. The number of benzene rings is 1. The summed E-state index contributed by atoms with van der Waals surface area (Å²) >= 11 is 5.79. The van der Waals surface area contributed by atoms with Crippen molar-refractivity contribution < 1.29 is 9.50 Å². The van der Waals surface area contributed by atoms with Crippen molar-refractivity contribution in [3.8, 4) is 0 Å². The molecule has 1 heterocycles. The molecule has 0 spiro atoms. The summed E-state index contributed by atoms with van der Waals surface area (Å²) in [6.07, 6.45) is 1.64. The van der Waals surface area contributed by atoms with E-state index in [-0.39, 0.29) is 5.02 Å². The number of hydrogen-bond donors (Lipinski definition) is 2. The number of aromatic nitrogens is 1. The maximum atomic E-state index is 13.5. The van der Waals surface area contributed by atoms with Crippen molar-refractivity contribution in [3.05, 3.63) is 52.9 Å². The number of pyridine rings is 1. The maximum Gasteiger partial charge on any atom is 0.142 e. The van der Waals surface area contributed by atoms with Crippen LogP contribution in [0.5, 0.6) is 0 Å². The number of hydrogen-bond acceptors (Lipinski definition) is 3. The molecule has 2 rings (SSSR count). The topological polar surface area (TPSA) is 45.1 Å². The van der Waals surface area contributed by atoms with E-state index in [4.69, 9.17) is 11.6 Å². The molecule has 1 aromatic heterocycles.